The Labute approximate surface area is 153 Å². The first-order chi connectivity index (χ1) is 12.4. The molecule has 2 aliphatic carbocycles. The number of aliphatic hydroxyl groups excluding tert-OH is 1. The van der Waals surface area contributed by atoms with Crippen molar-refractivity contribution >= 4 is 18.2 Å². The molecule has 1 N–H and O–H groups in total. The first kappa shape index (κ1) is 18.8. The van der Waals surface area contributed by atoms with Crippen molar-refractivity contribution < 1.29 is 29.0 Å². The van der Waals surface area contributed by atoms with Crippen molar-refractivity contribution in [3.8, 4) is 0 Å². The van der Waals surface area contributed by atoms with Crippen molar-refractivity contribution in [1.29, 1.82) is 0 Å². The summed E-state index contributed by atoms with van der Waals surface area (Å²) in [6, 6.07) is 0. The Hall–Kier alpha value is -1.95. The summed E-state index contributed by atoms with van der Waals surface area (Å²) in [5.74, 6) is -1.76. The zero-order valence-corrected chi connectivity index (χ0v) is 15.3. The number of esters is 2. The molecule has 26 heavy (non-hydrogen) atoms. The second kappa shape index (κ2) is 6.99. The summed E-state index contributed by atoms with van der Waals surface area (Å²) in [7, 11) is 0. The third kappa shape index (κ3) is 2.90. The SMILES string of the molecule is C=C1C(=O)OC2C1C(OC(=O)C(=CC)CO)CC1(C)CCCC(C=O)C21. The molecule has 0 bridgehead atoms. The molecular weight excluding hydrogens is 336 g/mol. The fourth-order valence-corrected chi connectivity index (χ4v) is 5.16. The van der Waals surface area contributed by atoms with Gasteiger partial charge in [0.2, 0.25) is 0 Å². The van der Waals surface area contributed by atoms with Gasteiger partial charge in [0.25, 0.3) is 0 Å². The van der Waals surface area contributed by atoms with Gasteiger partial charge in [0.1, 0.15) is 18.5 Å². The van der Waals surface area contributed by atoms with Crippen molar-refractivity contribution in [1.82, 2.24) is 0 Å². The van der Waals surface area contributed by atoms with Gasteiger partial charge < -0.3 is 19.4 Å². The minimum absolute atomic E-state index is 0.0871. The van der Waals surface area contributed by atoms with Gasteiger partial charge in [-0.1, -0.05) is 26.0 Å². The maximum Gasteiger partial charge on any atom is 0.336 e. The zero-order chi connectivity index (χ0) is 19.1. The Morgan fingerprint density at radius 3 is 2.85 bits per heavy atom. The van der Waals surface area contributed by atoms with Gasteiger partial charge in [-0.15, -0.1) is 0 Å². The van der Waals surface area contributed by atoms with Gasteiger partial charge in [-0.25, -0.2) is 9.59 Å². The highest BCUT2D eigenvalue weighted by Crippen LogP contribution is 2.58. The van der Waals surface area contributed by atoms with Gasteiger partial charge in [0, 0.05) is 17.4 Å². The van der Waals surface area contributed by atoms with E-state index in [1.807, 2.05) is 0 Å². The van der Waals surface area contributed by atoms with Crippen LogP contribution in [0.4, 0.5) is 0 Å². The van der Waals surface area contributed by atoms with E-state index in [4.69, 9.17) is 9.47 Å². The third-order valence-corrected chi connectivity index (χ3v) is 6.45. The first-order valence-corrected chi connectivity index (χ1v) is 9.18. The highest BCUT2D eigenvalue weighted by molar-refractivity contribution is 5.92. The van der Waals surface area contributed by atoms with Crippen LogP contribution in [0.2, 0.25) is 0 Å². The van der Waals surface area contributed by atoms with Crippen molar-refractivity contribution in [2.75, 3.05) is 6.61 Å². The molecule has 0 aromatic heterocycles. The molecule has 3 fully saturated rings. The number of carbonyl (C=O) groups excluding carboxylic acids is 3. The molecule has 142 valence electrons. The molecule has 0 radical (unpaired) electrons. The average Bonchev–Trinajstić information content (AvgIpc) is 2.89. The molecule has 6 unspecified atom stereocenters. The molecule has 0 amide bonds. The molecule has 6 heteroatoms. The quantitative estimate of drug-likeness (QED) is 0.467. The highest BCUT2D eigenvalue weighted by Gasteiger charge is 2.61. The van der Waals surface area contributed by atoms with E-state index in [-0.39, 0.29) is 22.8 Å². The summed E-state index contributed by atoms with van der Waals surface area (Å²) in [6.07, 6.45) is 4.58. The summed E-state index contributed by atoms with van der Waals surface area (Å²) in [5.41, 5.74) is 0.228. The molecule has 0 aromatic rings. The normalized spacial score (nSPS) is 39.7. The lowest BCUT2D eigenvalue weighted by molar-refractivity contribution is -0.175. The van der Waals surface area contributed by atoms with Crippen LogP contribution in [0.15, 0.2) is 23.8 Å². The molecule has 0 spiro atoms. The number of aliphatic hydroxyl groups is 1. The molecule has 1 heterocycles. The lowest BCUT2D eigenvalue weighted by Gasteiger charge is -2.53. The van der Waals surface area contributed by atoms with Gasteiger partial charge in [0.05, 0.1) is 18.1 Å². The smallest absolute Gasteiger partial charge is 0.336 e. The summed E-state index contributed by atoms with van der Waals surface area (Å²) in [6.45, 7) is 7.19. The standard InChI is InChI=1S/C20H26O6/c1-4-12(9-21)19(24)25-14-8-20(3)7-5-6-13(10-22)16(20)17-15(14)11(2)18(23)26-17/h4,10,13-17,21H,2,5-9H2,1,3H3. The van der Waals surface area contributed by atoms with Crippen molar-refractivity contribution in [3.05, 3.63) is 23.8 Å². The molecule has 0 aromatic carbocycles. The number of fused-ring (bicyclic) bond motifs is 3. The number of allylic oxidation sites excluding steroid dienone is 1. The molecule has 1 saturated heterocycles. The fraction of sp³-hybridized carbons (Fsp3) is 0.650. The van der Waals surface area contributed by atoms with Crippen LogP contribution in [0.25, 0.3) is 0 Å². The lowest BCUT2D eigenvalue weighted by Crippen LogP contribution is -2.56. The number of hydrogen-bond acceptors (Lipinski definition) is 6. The molecule has 3 aliphatic rings. The van der Waals surface area contributed by atoms with Gasteiger partial charge in [-0.3, -0.25) is 0 Å². The molecule has 2 saturated carbocycles. The molecule has 3 rings (SSSR count). The molecule has 6 atom stereocenters. The van der Waals surface area contributed by atoms with Crippen LogP contribution < -0.4 is 0 Å². The van der Waals surface area contributed by atoms with E-state index in [0.717, 1.165) is 25.5 Å². The maximum atomic E-state index is 12.4. The van der Waals surface area contributed by atoms with Crippen molar-refractivity contribution in [2.24, 2.45) is 23.2 Å². The number of rotatable bonds is 4. The Balaban J connectivity index is 1.94. The number of ether oxygens (including phenoxy) is 2. The minimum Gasteiger partial charge on any atom is -0.458 e. The topological polar surface area (TPSA) is 89.9 Å². The Bertz CT molecular complexity index is 665. The monoisotopic (exact) mass is 362 g/mol. The van der Waals surface area contributed by atoms with Crippen LogP contribution in [0.5, 0.6) is 0 Å². The van der Waals surface area contributed by atoms with E-state index in [1.54, 1.807) is 6.92 Å². The Kier molecular flexibility index (Phi) is 5.06. The van der Waals surface area contributed by atoms with Gasteiger partial charge in [0.15, 0.2) is 0 Å². The highest BCUT2D eigenvalue weighted by atomic mass is 16.6. The van der Waals surface area contributed by atoms with Crippen LogP contribution in [-0.4, -0.2) is 42.1 Å². The van der Waals surface area contributed by atoms with Crippen molar-refractivity contribution in [3.63, 3.8) is 0 Å². The van der Waals surface area contributed by atoms with E-state index >= 15 is 0 Å². The third-order valence-electron chi connectivity index (χ3n) is 6.45. The van der Waals surface area contributed by atoms with Crippen LogP contribution in [0.3, 0.4) is 0 Å². The predicted molar refractivity (Wildman–Crippen MR) is 92.9 cm³/mol. The molecule has 6 nitrogen and oxygen atoms in total. The Morgan fingerprint density at radius 1 is 1.50 bits per heavy atom. The fourth-order valence-electron chi connectivity index (χ4n) is 5.16. The van der Waals surface area contributed by atoms with E-state index < -0.39 is 36.7 Å². The average molecular weight is 362 g/mol. The second-order valence-corrected chi connectivity index (χ2v) is 7.91. The first-order valence-electron chi connectivity index (χ1n) is 9.18. The van der Waals surface area contributed by atoms with Crippen LogP contribution in [0.1, 0.15) is 39.5 Å². The summed E-state index contributed by atoms with van der Waals surface area (Å²) in [4.78, 5) is 36.2. The van der Waals surface area contributed by atoms with Gasteiger partial charge in [-0.2, -0.15) is 0 Å². The van der Waals surface area contributed by atoms with E-state index in [9.17, 15) is 19.5 Å². The Morgan fingerprint density at radius 2 is 2.23 bits per heavy atom. The summed E-state index contributed by atoms with van der Waals surface area (Å²) >= 11 is 0. The van der Waals surface area contributed by atoms with E-state index in [0.29, 0.717) is 12.0 Å². The summed E-state index contributed by atoms with van der Waals surface area (Å²) < 4.78 is 11.3. The largest absolute Gasteiger partial charge is 0.458 e. The summed E-state index contributed by atoms with van der Waals surface area (Å²) in [5, 5.41) is 9.31. The predicted octanol–water partition coefficient (Wildman–Crippen LogP) is 1.96. The van der Waals surface area contributed by atoms with Crippen LogP contribution in [-0.2, 0) is 23.9 Å². The van der Waals surface area contributed by atoms with Crippen LogP contribution in [0, 0.1) is 23.2 Å². The van der Waals surface area contributed by atoms with Gasteiger partial charge >= 0.3 is 11.9 Å². The van der Waals surface area contributed by atoms with E-state index in [1.165, 1.54) is 6.08 Å². The lowest BCUT2D eigenvalue weighted by atomic mass is 9.53. The minimum atomic E-state index is -0.587. The molecular formula is C20H26O6. The van der Waals surface area contributed by atoms with E-state index in [2.05, 4.69) is 13.5 Å². The molecule has 1 aliphatic heterocycles. The van der Waals surface area contributed by atoms with Crippen molar-refractivity contribution in [2.45, 2.75) is 51.7 Å². The zero-order valence-electron chi connectivity index (χ0n) is 15.3. The number of carbonyl (C=O) groups is 3. The van der Waals surface area contributed by atoms with Crippen LogP contribution >= 0.6 is 0 Å². The number of hydrogen-bond donors (Lipinski definition) is 1. The second-order valence-electron chi connectivity index (χ2n) is 7.91. The number of aldehydes is 1. The maximum absolute atomic E-state index is 12.4. The van der Waals surface area contributed by atoms with Gasteiger partial charge in [-0.05, 0) is 31.6 Å².